The highest BCUT2D eigenvalue weighted by Gasteiger charge is 2.15. The number of hydrogen-bond donors (Lipinski definition) is 0. The van der Waals surface area contributed by atoms with Gasteiger partial charge in [-0.1, -0.05) is 78.1 Å². The second kappa shape index (κ2) is 12.6. The molecule has 2 nitrogen and oxygen atoms in total. The van der Waals surface area contributed by atoms with Crippen molar-refractivity contribution in [3.8, 4) is 0 Å². The fourth-order valence-corrected chi connectivity index (χ4v) is 3.02. The molecule has 0 rings (SSSR count). The zero-order valence-electron chi connectivity index (χ0n) is 14.6. The molecule has 0 aromatic heterocycles. The van der Waals surface area contributed by atoms with Gasteiger partial charge in [0.15, 0.2) is 0 Å². The molecule has 0 aliphatic heterocycles. The van der Waals surface area contributed by atoms with Gasteiger partial charge in [0, 0.05) is 5.92 Å². The Balaban J connectivity index is 3.80. The van der Waals surface area contributed by atoms with E-state index in [1.54, 1.807) is 14.1 Å². The van der Waals surface area contributed by atoms with Crippen LogP contribution in [0.5, 0.6) is 0 Å². The molecule has 0 spiro atoms. The maximum Gasteiger partial charge on any atom is 0.0808 e. The first-order valence-electron chi connectivity index (χ1n) is 9.03. The summed E-state index contributed by atoms with van der Waals surface area (Å²) in [5, 5.41) is 11.9. The largest absolute Gasteiger partial charge is 0.633 e. The number of quaternary nitrogens is 1. The summed E-state index contributed by atoms with van der Waals surface area (Å²) in [4.78, 5) is 0. The first-order chi connectivity index (χ1) is 9.49. The number of rotatable bonds is 14. The van der Waals surface area contributed by atoms with Crippen molar-refractivity contribution in [1.82, 2.24) is 0 Å². The molecule has 0 saturated heterocycles. The summed E-state index contributed by atoms with van der Waals surface area (Å²) >= 11 is 0. The lowest BCUT2D eigenvalue weighted by Crippen LogP contribution is -2.37. The Morgan fingerprint density at radius 3 is 1.55 bits per heavy atom. The van der Waals surface area contributed by atoms with E-state index in [4.69, 9.17) is 0 Å². The Morgan fingerprint density at radius 1 is 0.700 bits per heavy atom. The zero-order chi connectivity index (χ0) is 15.3. The zero-order valence-corrected chi connectivity index (χ0v) is 14.6. The Bertz CT molecular complexity index is 198. The third kappa shape index (κ3) is 14.3. The van der Waals surface area contributed by atoms with Crippen molar-refractivity contribution in [2.45, 2.75) is 90.9 Å². The molecule has 0 heterocycles. The summed E-state index contributed by atoms with van der Waals surface area (Å²) in [7, 11) is 3.58. The Kier molecular flexibility index (Phi) is 12.6. The Morgan fingerprint density at radius 2 is 1.10 bits per heavy atom. The van der Waals surface area contributed by atoms with E-state index in [9.17, 15) is 5.21 Å². The van der Waals surface area contributed by atoms with Crippen molar-refractivity contribution in [3.05, 3.63) is 5.21 Å². The van der Waals surface area contributed by atoms with Crippen LogP contribution in [0.2, 0.25) is 0 Å². The van der Waals surface area contributed by atoms with Gasteiger partial charge >= 0.3 is 0 Å². The van der Waals surface area contributed by atoms with Crippen LogP contribution in [0.4, 0.5) is 0 Å². The van der Waals surface area contributed by atoms with E-state index < -0.39 is 0 Å². The maximum atomic E-state index is 11.9. The molecule has 1 atom stereocenters. The van der Waals surface area contributed by atoms with E-state index in [1.165, 1.54) is 77.0 Å². The highest BCUT2D eigenvalue weighted by Crippen LogP contribution is 2.21. The average Bonchev–Trinajstić information content (AvgIpc) is 2.36. The normalized spacial score (nSPS) is 13.7. The van der Waals surface area contributed by atoms with Crippen molar-refractivity contribution in [2.75, 3.05) is 20.6 Å². The predicted molar refractivity (Wildman–Crippen MR) is 90.6 cm³/mol. The summed E-state index contributed by atoms with van der Waals surface area (Å²) < 4.78 is -0.117. The van der Waals surface area contributed by atoms with Crippen LogP contribution >= 0.6 is 0 Å². The van der Waals surface area contributed by atoms with Crippen LogP contribution in [0.3, 0.4) is 0 Å². The van der Waals surface area contributed by atoms with E-state index in [0.29, 0.717) is 5.92 Å². The summed E-state index contributed by atoms with van der Waals surface area (Å²) in [6.07, 6.45) is 16.0. The first kappa shape index (κ1) is 19.9. The topological polar surface area (TPSA) is 23.1 Å². The molecule has 1 unspecified atom stereocenters. The third-order valence-electron chi connectivity index (χ3n) is 4.13. The van der Waals surface area contributed by atoms with Gasteiger partial charge < -0.3 is 9.85 Å². The minimum absolute atomic E-state index is 0.117. The SMILES string of the molecule is CCCCCCCCC(CCCCCC)C[N+](C)(C)[O-]. The van der Waals surface area contributed by atoms with Crippen LogP contribution < -0.4 is 0 Å². The second-order valence-electron chi connectivity index (χ2n) is 7.03. The van der Waals surface area contributed by atoms with Crippen LogP contribution in [-0.4, -0.2) is 25.3 Å². The van der Waals surface area contributed by atoms with Crippen LogP contribution in [0.25, 0.3) is 0 Å². The van der Waals surface area contributed by atoms with Crippen LogP contribution in [-0.2, 0) is 0 Å². The standard InChI is InChI=1S/C18H39NO/c1-5-7-9-11-12-14-16-18(17-19(3,4)20)15-13-10-8-6-2/h18H,5-17H2,1-4H3. The molecule has 20 heavy (non-hydrogen) atoms. The van der Waals surface area contributed by atoms with E-state index >= 15 is 0 Å². The molecule has 2 heteroatoms. The van der Waals surface area contributed by atoms with Crippen LogP contribution in [0.15, 0.2) is 0 Å². The predicted octanol–water partition coefficient (Wildman–Crippen LogP) is 5.90. The van der Waals surface area contributed by atoms with Crippen molar-refractivity contribution in [1.29, 1.82) is 0 Å². The van der Waals surface area contributed by atoms with E-state index in [-0.39, 0.29) is 4.65 Å². The minimum atomic E-state index is -0.117. The molecule has 0 aliphatic carbocycles. The van der Waals surface area contributed by atoms with E-state index in [0.717, 1.165) is 6.54 Å². The molecule has 122 valence electrons. The fraction of sp³-hybridized carbons (Fsp3) is 1.00. The molecule has 0 radical (unpaired) electrons. The van der Waals surface area contributed by atoms with Gasteiger partial charge in [0.2, 0.25) is 0 Å². The van der Waals surface area contributed by atoms with Crippen molar-refractivity contribution in [3.63, 3.8) is 0 Å². The molecule has 0 fully saturated rings. The molecule has 0 aromatic rings. The van der Waals surface area contributed by atoms with Gasteiger partial charge in [-0.2, -0.15) is 0 Å². The molecule has 0 bridgehead atoms. The molecule has 0 aliphatic rings. The van der Waals surface area contributed by atoms with Gasteiger partial charge in [-0.05, 0) is 12.8 Å². The van der Waals surface area contributed by atoms with Gasteiger partial charge in [-0.3, -0.25) is 0 Å². The van der Waals surface area contributed by atoms with Gasteiger partial charge in [-0.25, -0.2) is 0 Å². The monoisotopic (exact) mass is 285 g/mol. The van der Waals surface area contributed by atoms with Crippen LogP contribution in [0.1, 0.15) is 90.9 Å². The molecule has 0 N–H and O–H groups in total. The van der Waals surface area contributed by atoms with Gasteiger partial charge in [0.05, 0.1) is 20.6 Å². The van der Waals surface area contributed by atoms with Crippen molar-refractivity contribution < 1.29 is 4.65 Å². The van der Waals surface area contributed by atoms with Gasteiger partial charge in [-0.15, -0.1) is 0 Å². The lowest BCUT2D eigenvalue weighted by Gasteiger charge is -2.37. The number of hydrogen-bond acceptors (Lipinski definition) is 1. The minimum Gasteiger partial charge on any atom is -0.633 e. The lowest BCUT2D eigenvalue weighted by molar-refractivity contribution is -0.843. The quantitative estimate of drug-likeness (QED) is 0.221. The third-order valence-corrected chi connectivity index (χ3v) is 4.13. The summed E-state index contributed by atoms with van der Waals surface area (Å²) in [5.41, 5.74) is 0. The van der Waals surface area contributed by atoms with Gasteiger partial charge in [0.1, 0.15) is 0 Å². The molecular formula is C18H39NO. The first-order valence-corrected chi connectivity index (χ1v) is 9.03. The number of unbranched alkanes of at least 4 members (excludes halogenated alkanes) is 8. The smallest absolute Gasteiger partial charge is 0.0808 e. The number of hydroxylamine groups is 3. The highest BCUT2D eigenvalue weighted by molar-refractivity contribution is 4.61. The summed E-state index contributed by atoms with van der Waals surface area (Å²) in [6.45, 7) is 5.33. The lowest BCUT2D eigenvalue weighted by atomic mass is 9.94. The molecular weight excluding hydrogens is 246 g/mol. The van der Waals surface area contributed by atoms with Crippen molar-refractivity contribution in [2.24, 2.45) is 5.92 Å². The fourth-order valence-electron chi connectivity index (χ4n) is 3.02. The van der Waals surface area contributed by atoms with E-state index in [1.807, 2.05) is 0 Å². The highest BCUT2D eigenvalue weighted by atomic mass is 16.5. The Labute approximate surface area is 128 Å². The molecule has 0 saturated carbocycles. The van der Waals surface area contributed by atoms with E-state index in [2.05, 4.69) is 13.8 Å². The van der Waals surface area contributed by atoms with Crippen molar-refractivity contribution >= 4 is 0 Å². The van der Waals surface area contributed by atoms with Crippen LogP contribution in [0, 0.1) is 11.1 Å². The Hall–Kier alpha value is -0.0800. The van der Waals surface area contributed by atoms with Gasteiger partial charge in [0.25, 0.3) is 0 Å². The molecule has 0 aromatic carbocycles. The maximum absolute atomic E-state index is 11.9. The summed E-state index contributed by atoms with van der Waals surface area (Å²) in [5.74, 6) is 0.644. The average molecular weight is 286 g/mol. The second-order valence-corrected chi connectivity index (χ2v) is 7.03. The number of nitrogens with zero attached hydrogens (tertiary/aromatic N) is 1. The molecule has 0 amide bonds. The summed E-state index contributed by atoms with van der Waals surface area (Å²) in [6, 6.07) is 0.